The molecule has 6 nitrogen and oxygen atoms in total. The van der Waals surface area contributed by atoms with Crippen LogP contribution in [0.1, 0.15) is 213 Å². The number of amides is 1. The third-order valence-corrected chi connectivity index (χ3v) is 10.3. The number of hydrogen-bond donors (Lipinski definition) is 3. The maximum atomic E-state index is 12.5. The Morgan fingerprint density at radius 2 is 0.860 bits per heavy atom. The lowest BCUT2D eigenvalue weighted by Crippen LogP contribution is -2.46. The number of rotatable bonds is 38. The summed E-state index contributed by atoms with van der Waals surface area (Å²) < 4.78 is 32.5. The molecule has 0 aromatic carbocycles. The monoisotopic (exact) mass is 724 g/mol. The van der Waals surface area contributed by atoms with E-state index in [9.17, 15) is 22.9 Å². The average molecular weight is 724 g/mol. The Morgan fingerprint density at radius 3 is 1.26 bits per heavy atom. The Kier molecular flexibility index (Phi) is 36.2. The van der Waals surface area contributed by atoms with E-state index >= 15 is 0 Å². The predicted molar refractivity (Wildman–Crippen MR) is 216 cm³/mol. The van der Waals surface area contributed by atoms with Gasteiger partial charge in [0.2, 0.25) is 5.91 Å². The third kappa shape index (κ3) is 37.8. The molecule has 0 aromatic rings. The molecule has 0 saturated carbocycles. The van der Waals surface area contributed by atoms with Gasteiger partial charge in [-0.15, -0.1) is 0 Å². The Morgan fingerprint density at radius 1 is 0.520 bits per heavy atom. The summed E-state index contributed by atoms with van der Waals surface area (Å²) in [4.78, 5) is 12.5. The van der Waals surface area contributed by atoms with Crippen LogP contribution in [0.3, 0.4) is 0 Å². The summed E-state index contributed by atoms with van der Waals surface area (Å²) in [5.74, 6) is -1.00. The van der Waals surface area contributed by atoms with Crippen LogP contribution in [0.15, 0.2) is 36.5 Å². The summed E-state index contributed by atoms with van der Waals surface area (Å²) in [6.07, 6.45) is 48.5. The van der Waals surface area contributed by atoms with Crippen LogP contribution in [0.25, 0.3) is 0 Å². The van der Waals surface area contributed by atoms with E-state index in [-0.39, 0.29) is 12.3 Å². The maximum absolute atomic E-state index is 12.5. The van der Waals surface area contributed by atoms with E-state index in [1.807, 2.05) is 6.08 Å². The van der Waals surface area contributed by atoms with Crippen LogP contribution in [-0.4, -0.2) is 41.9 Å². The van der Waals surface area contributed by atoms with Crippen LogP contribution in [0.2, 0.25) is 0 Å². The molecule has 0 aromatic heterocycles. The highest BCUT2D eigenvalue weighted by atomic mass is 32.2. The van der Waals surface area contributed by atoms with E-state index in [0.29, 0.717) is 6.42 Å². The number of nitrogens with one attached hydrogen (secondary N) is 1. The first kappa shape index (κ1) is 48.6. The number of carbonyl (C=O) groups excluding carboxylic acids is 1. The molecule has 0 radical (unpaired) electrons. The zero-order chi connectivity index (χ0) is 36.8. The van der Waals surface area contributed by atoms with Crippen molar-refractivity contribution in [1.29, 1.82) is 0 Å². The summed E-state index contributed by atoms with van der Waals surface area (Å²) >= 11 is 0. The predicted octanol–water partition coefficient (Wildman–Crippen LogP) is 12.5. The van der Waals surface area contributed by atoms with Crippen molar-refractivity contribution in [2.75, 3.05) is 5.75 Å². The van der Waals surface area contributed by atoms with Crippen LogP contribution in [0, 0.1) is 0 Å². The van der Waals surface area contributed by atoms with Crippen LogP contribution in [-0.2, 0) is 14.9 Å². The van der Waals surface area contributed by atoms with Gasteiger partial charge in [-0.2, -0.15) is 8.42 Å². The second-order valence-electron chi connectivity index (χ2n) is 14.6. The number of allylic oxidation sites excluding steroid dienone is 5. The molecule has 0 saturated heterocycles. The first-order chi connectivity index (χ1) is 24.3. The van der Waals surface area contributed by atoms with Crippen LogP contribution in [0.5, 0.6) is 0 Å². The van der Waals surface area contributed by atoms with Gasteiger partial charge in [-0.1, -0.05) is 185 Å². The van der Waals surface area contributed by atoms with Crippen LogP contribution < -0.4 is 5.32 Å². The van der Waals surface area contributed by atoms with Gasteiger partial charge in [-0.05, 0) is 57.8 Å². The molecule has 0 fully saturated rings. The Bertz CT molecular complexity index is 930. The van der Waals surface area contributed by atoms with E-state index in [2.05, 4.69) is 43.5 Å². The largest absolute Gasteiger partial charge is 0.387 e. The minimum atomic E-state index is -4.35. The quantitative estimate of drug-likeness (QED) is 0.0334. The van der Waals surface area contributed by atoms with Crippen molar-refractivity contribution in [2.45, 2.75) is 225 Å². The molecule has 7 heteroatoms. The first-order valence-corrected chi connectivity index (χ1v) is 22.8. The fourth-order valence-corrected chi connectivity index (χ4v) is 7.08. The van der Waals surface area contributed by atoms with Gasteiger partial charge in [0.1, 0.15) is 0 Å². The molecule has 2 atom stereocenters. The molecule has 2 unspecified atom stereocenters. The zero-order valence-corrected chi connectivity index (χ0v) is 33.6. The molecular weight excluding hydrogens is 643 g/mol. The molecule has 0 spiro atoms. The standard InChI is InChI=1S/C43H81NO5S/c1-3-5-7-9-11-13-15-17-19-21-23-24-26-28-30-32-34-36-38-42(45)41(40-50(47,48)49)44-43(46)39-37-35-33-31-29-27-25-22-20-18-16-14-12-10-8-6-4-2/h18,20,28,30,36,38,41-42,45H,3-17,19,21-27,29,31-35,37,39-40H2,1-2H3,(H,44,46)(H,47,48,49)/b20-18-,30-28+,38-36+. The fraction of sp³-hybridized carbons (Fsp3) is 0.837. The summed E-state index contributed by atoms with van der Waals surface area (Å²) in [6, 6.07) is -1.07. The van der Waals surface area contributed by atoms with E-state index in [4.69, 9.17) is 0 Å². The maximum Gasteiger partial charge on any atom is 0.267 e. The molecule has 0 heterocycles. The van der Waals surface area contributed by atoms with Crippen molar-refractivity contribution in [3.8, 4) is 0 Å². The Hall–Kier alpha value is -1.44. The van der Waals surface area contributed by atoms with E-state index in [0.717, 1.165) is 38.5 Å². The third-order valence-electron chi connectivity index (χ3n) is 9.54. The smallest absolute Gasteiger partial charge is 0.267 e. The highest BCUT2D eigenvalue weighted by molar-refractivity contribution is 7.85. The molecule has 0 aliphatic heterocycles. The summed E-state index contributed by atoms with van der Waals surface area (Å²) in [5, 5.41) is 13.2. The molecule has 50 heavy (non-hydrogen) atoms. The van der Waals surface area contributed by atoms with Crippen LogP contribution in [0.4, 0.5) is 0 Å². The average Bonchev–Trinajstić information content (AvgIpc) is 3.08. The van der Waals surface area contributed by atoms with Gasteiger partial charge in [0.05, 0.1) is 17.9 Å². The number of unbranched alkanes of at least 4 members (excludes halogenated alkanes) is 26. The van der Waals surface area contributed by atoms with Crippen molar-refractivity contribution >= 4 is 16.0 Å². The van der Waals surface area contributed by atoms with Crippen molar-refractivity contribution in [3.63, 3.8) is 0 Å². The first-order valence-electron chi connectivity index (χ1n) is 21.2. The molecular formula is C43H81NO5S. The van der Waals surface area contributed by atoms with Gasteiger partial charge >= 0.3 is 0 Å². The summed E-state index contributed by atoms with van der Waals surface area (Å²) in [7, 11) is -4.35. The fourth-order valence-electron chi connectivity index (χ4n) is 6.34. The van der Waals surface area contributed by atoms with Gasteiger partial charge < -0.3 is 10.4 Å². The number of aliphatic hydroxyl groups is 1. The molecule has 1 amide bonds. The zero-order valence-electron chi connectivity index (χ0n) is 32.8. The van der Waals surface area contributed by atoms with Crippen molar-refractivity contribution in [3.05, 3.63) is 36.5 Å². The summed E-state index contributed by atoms with van der Waals surface area (Å²) in [6.45, 7) is 4.52. The van der Waals surface area contributed by atoms with Crippen molar-refractivity contribution in [1.82, 2.24) is 5.32 Å². The minimum Gasteiger partial charge on any atom is -0.387 e. The van der Waals surface area contributed by atoms with Gasteiger partial charge in [0, 0.05) is 6.42 Å². The topological polar surface area (TPSA) is 104 Å². The van der Waals surface area contributed by atoms with Crippen molar-refractivity contribution in [2.24, 2.45) is 0 Å². The number of hydrogen-bond acceptors (Lipinski definition) is 4. The van der Waals surface area contributed by atoms with E-state index in [1.165, 1.54) is 154 Å². The Balaban J connectivity index is 3.96. The van der Waals surface area contributed by atoms with E-state index in [1.54, 1.807) is 0 Å². The number of carbonyl (C=O) groups is 1. The lowest BCUT2D eigenvalue weighted by Gasteiger charge is -2.21. The molecule has 3 N–H and O–H groups in total. The highest BCUT2D eigenvalue weighted by Gasteiger charge is 2.24. The molecule has 0 aliphatic carbocycles. The number of aliphatic hydroxyl groups excluding tert-OH is 1. The van der Waals surface area contributed by atoms with E-state index < -0.39 is 28.0 Å². The molecule has 0 bridgehead atoms. The summed E-state index contributed by atoms with van der Waals surface area (Å²) in [5.41, 5.74) is 0. The van der Waals surface area contributed by atoms with Gasteiger partial charge in [0.25, 0.3) is 10.1 Å². The van der Waals surface area contributed by atoms with Gasteiger partial charge in [-0.3, -0.25) is 9.35 Å². The molecule has 0 rings (SSSR count). The lowest BCUT2D eigenvalue weighted by atomic mass is 10.0. The second-order valence-corrected chi connectivity index (χ2v) is 16.1. The Labute approximate surface area is 310 Å². The van der Waals surface area contributed by atoms with Gasteiger partial charge in [0.15, 0.2) is 0 Å². The minimum absolute atomic E-state index is 0.284. The second kappa shape index (κ2) is 37.3. The SMILES string of the molecule is CCCCCCCC/C=C\CCCCCCCCCC(=O)NC(CS(=O)(=O)O)C(O)/C=C/CC/C=C/CCCCCCCCCCCCCC. The lowest BCUT2D eigenvalue weighted by molar-refractivity contribution is -0.122. The van der Waals surface area contributed by atoms with Gasteiger partial charge in [-0.25, -0.2) is 0 Å². The molecule has 294 valence electrons. The molecule has 0 aliphatic rings. The normalized spacial score (nSPS) is 13.6. The van der Waals surface area contributed by atoms with Crippen LogP contribution >= 0.6 is 0 Å². The van der Waals surface area contributed by atoms with Crippen molar-refractivity contribution < 1.29 is 22.9 Å². The highest BCUT2D eigenvalue weighted by Crippen LogP contribution is 2.14.